The van der Waals surface area contributed by atoms with Crippen LogP contribution in [0.5, 0.6) is 0 Å². The van der Waals surface area contributed by atoms with Crippen molar-refractivity contribution in [1.29, 1.82) is 0 Å². The zero-order chi connectivity index (χ0) is 7.89. The molecule has 0 radical (unpaired) electrons. The fraction of sp³-hybridized carbons (Fsp3) is 0.333. The number of amides is 3. The van der Waals surface area contributed by atoms with Crippen molar-refractivity contribution in [3.05, 3.63) is 0 Å². The lowest BCUT2D eigenvalue weighted by molar-refractivity contribution is -0.122. The van der Waals surface area contributed by atoms with Crippen molar-refractivity contribution >= 4 is 51.4 Å². The third-order valence-electron chi connectivity index (χ3n) is 0.947. The molecule has 1 aliphatic rings. The molecule has 0 aromatic carbocycles. The molecule has 1 atom stereocenters. The smallest absolute Gasteiger partial charge is 0.269 e. The second-order valence-electron chi connectivity index (χ2n) is 1.55. The molecular formula is C3HBrCl2N2O2. The van der Waals surface area contributed by atoms with Crippen molar-refractivity contribution in [3.63, 3.8) is 0 Å². The van der Waals surface area contributed by atoms with Gasteiger partial charge >= 0.3 is 6.03 Å². The first-order valence-corrected chi connectivity index (χ1v) is 3.77. The summed E-state index contributed by atoms with van der Waals surface area (Å²) < 4.78 is 1.10. The molecule has 1 aliphatic heterocycles. The lowest BCUT2D eigenvalue weighted by Gasteiger charge is -2.02. The number of nitrogens with zero attached hydrogens (tertiary/aromatic N) is 2. The average Bonchev–Trinajstić information content (AvgIpc) is 2.07. The molecule has 10 heavy (non-hydrogen) atoms. The molecule has 56 valence electrons. The van der Waals surface area contributed by atoms with E-state index in [9.17, 15) is 9.59 Å². The number of hydrogen-bond donors (Lipinski definition) is 0. The SMILES string of the molecule is O=C1C(Br)N(Cl)C(=O)N1Cl. The predicted octanol–water partition coefficient (Wildman–Crippen LogP) is 1.28. The number of carbonyl (C=O) groups excluding carboxylic acids is 2. The Morgan fingerprint density at radius 2 is 1.90 bits per heavy atom. The third-order valence-corrected chi connectivity index (χ3v) is 2.63. The summed E-state index contributed by atoms with van der Waals surface area (Å²) in [4.78, 5) is 20.5. The Labute approximate surface area is 75.0 Å². The third kappa shape index (κ3) is 0.980. The summed E-state index contributed by atoms with van der Waals surface area (Å²) in [5, 5.41) is 0. The van der Waals surface area contributed by atoms with Crippen LogP contribution in [-0.2, 0) is 4.79 Å². The van der Waals surface area contributed by atoms with Crippen molar-refractivity contribution in [2.75, 3.05) is 0 Å². The van der Waals surface area contributed by atoms with Crippen LogP contribution < -0.4 is 0 Å². The van der Waals surface area contributed by atoms with E-state index in [4.69, 9.17) is 23.6 Å². The number of alkyl halides is 1. The van der Waals surface area contributed by atoms with Crippen LogP contribution in [0.3, 0.4) is 0 Å². The minimum absolute atomic E-state index is 0.423. The van der Waals surface area contributed by atoms with Crippen molar-refractivity contribution in [3.8, 4) is 0 Å². The summed E-state index contributed by atoms with van der Waals surface area (Å²) >= 11 is 13.3. The van der Waals surface area contributed by atoms with Crippen molar-refractivity contribution in [2.24, 2.45) is 0 Å². The van der Waals surface area contributed by atoms with Crippen LogP contribution in [0.15, 0.2) is 0 Å². The standard InChI is InChI=1S/C3HBrCl2N2O2/c4-1-2(9)8(6)3(10)7(1)5/h1H. The van der Waals surface area contributed by atoms with Gasteiger partial charge in [0.1, 0.15) is 0 Å². The van der Waals surface area contributed by atoms with Crippen LogP contribution in [0.25, 0.3) is 0 Å². The molecule has 0 bridgehead atoms. The lowest BCUT2D eigenvalue weighted by Crippen LogP contribution is -2.19. The number of imide groups is 1. The lowest BCUT2D eigenvalue weighted by atomic mass is 10.7. The van der Waals surface area contributed by atoms with E-state index in [1.54, 1.807) is 0 Å². The summed E-state index contributed by atoms with van der Waals surface area (Å²) in [6, 6.07) is -0.741. The van der Waals surface area contributed by atoms with E-state index < -0.39 is 16.9 Å². The molecule has 0 N–H and O–H groups in total. The van der Waals surface area contributed by atoms with E-state index in [0.29, 0.717) is 8.84 Å². The Morgan fingerprint density at radius 1 is 1.40 bits per heavy atom. The van der Waals surface area contributed by atoms with Gasteiger partial charge in [-0.1, -0.05) is 15.9 Å². The molecule has 7 heteroatoms. The van der Waals surface area contributed by atoms with E-state index in [1.807, 2.05) is 0 Å². The van der Waals surface area contributed by atoms with Crippen LogP contribution in [0, 0.1) is 0 Å². The molecule has 0 aromatic rings. The second-order valence-corrected chi connectivity index (χ2v) is 3.12. The van der Waals surface area contributed by atoms with Gasteiger partial charge in [-0.3, -0.25) is 4.79 Å². The largest absolute Gasteiger partial charge is 0.358 e. The van der Waals surface area contributed by atoms with Gasteiger partial charge in [0, 0.05) is 23.6 Å². The quantitative estimate of drug-likeness (QED) is 0.280. The molecule has 1 fully saturated rings. The maximum atomic E-state index is 10.7. The first-order chi connectivity index (χ1) is 4.55. The number of rotatable bonds is 0. The molecule has 1 heterocycles. The molecule has 4 nitrogen and oxygen atoms in total. The van der Waals surface area contributed by atoms with Gasteiger partial charge in [0.25, 0.3) is 5.91 Å². The van der Waals surface area contributed by atoms with E-state index in [1.165, 1.54) is 0 Å². The summed E-state index contributed by atoms with van der Waals surface area (Å²) in [7, 11) is 0. The van der Waals surface area contributed by atoms with Gasteiger partial charge in [0.05, 0.1) is 0 Å². The fourth-order valence-corrected chi connectivity index (χ4v) is 1.34. The van der Waals surface area contributed by atoms with E-state index >= 15 is 0 Å². The maximum absolute atomic E-state index is 10.7. The Morgan fingerprint density at radius 3 is 2.00 bits per heavy atom. The molecule has 0 saturated carbocycles. The first kappa shape index (κ1) is 8.10. The average molecular weight is 248 g/mol. The number of halogens is 3. The highest BCUT2D eigenvalue weighted by molar-refractivity contribution is 9.10. The van der Waals surface area contributed by atoms with Crippen LogP contribution in [0.1, 0.15) is 0 Å². The van der Waals surface area contributed by atoms with Crippen LogP contribution in [-0.4, -0.2) is 25.7 Å². The van der Waals surface area contributed by atoms with Crippen LogP contribution >= 0.6 is 39.5 Å². The topological polar surface area (TPSA) is 40.6 Å². The Hall–Kier alpha value is -0.000000000000000111. The minimum atomic E-state index is -0.848. The van der Waals surface area contributed by atoms with Crippen LogP contribution in [0.2, 0.25) is 0 Å². The van der Waals surface area contributed by atoms with E-state index in [-0.39, 0.29) is 0 Å². The van der Waals surface area contributed by atoms with Gasteiger partial charge in [-0.25, -0.2) is 9.21 Å². The van der Waals surface area contributed by atoms with Gasteiger partial charge in [-0.2, -0.15) is 4.42 Å². The summed E-state index contributed by atoms with van der Waals surface area (Å²) in [6.45, 7) is 0. The number of carbonyl (C=O) groups is 2. The summed E-state index contributed by atoms with van der Waals surface area (Å²) in [5.74, 6) is -0.582. The molecule has 1 unspecified atom stereocenters. The van der Waals surface area contributed by atoms with Gasteiger partial charge in [0.15, 0.2) is 4.95 Å². The maximum Gasteiger partial charge on any atom is 0.358 e. The van der Waals surface area contributed by atoms with Gasteiger partial charge < -0.3 is 0 Å². The van der Waals surface area contributed by atoms with Gasteiger partial charge in [-0.15, -0.1) is 0 Å². The fourth-order valence-electron chi connectivity index (χ4n) is 0.466. The van der Waals surface area contributed by atoms with Crippen molar-refractivity contribution in [1.82, 2.24) is 8.84 Å². The molecule has 0 aromatic heterocycles. The zero-order valence-electron chi connectivity index (χ0n) is 4.42. The highest BCUT2D eigenvalue weighted by atomic mass is 79.9. The molecule has 1 saturated heterocycles. The molecular weight excluding hydrogens is 247 g/mol. The van der Waals surface area contributed by atoms with Crippen molar-refractivity contribution < 1.29 is 9.59 Å². The zero-order valence-corrected chi connectivity index (χ0v) is 7.52. The van der Waals surface area contributed by atoms with Crippen LogP contribution in [0.4, 0.5) is 4.79 Å². The van der Waals surface area contributed by atoms with Crippen molar-refractivity contribution in [2.45, 2.75) is 4.95 Å². The molecule has 1 rings (SSSR count). The monoisotopic (exact) mass is 246 g/mol. The summed E-state index contributed by atoms with van der Waals surface area (Å²) in [6.07, 6.45) is 0. The predicted molar refractivity (Wildman–Crippen MR) is 38.5 cm³/mol. The molecule has 3 amide bonds. The molecule has 0 aliphatic carbocycles. The Balaban J connectivity index is 2.89. The second kappa shape index (κ2) is 2.56. The minimum Gasteiger partial charge on any atom is -0.269 e. The van der Waals surface area contributed by atoms with Gasteiger partial charge in [-0.05, 0) is 0 Å². The van der Waals surface area contributed by atoms with E-state index in [0.717, 1.165) is 0 Å². The first-order valence-electron chi connectivity index (χ1n) is 2.18. The Kier molecular flexibility index (Phi) is 2.07. The number of hydrogen-bond acceptors (Lipinski definition) is 2. The van der Waals surface area contributed by atoms with E-state index in [2.05, 4.69) is 15.9 Å². The number of urea groups is 1. The summed E-state index contributed by atoms with van der Waals surface area (Å²) in [5.41, 5.74) is 0. The Bertz CT molecular complexity index is 179. The highest BCUT2D eigenvalue weighted by Crippen LogP contribution is 2.24. The molecule has 0 spiro atoms. The normalized spacial score (nSPS) is 26.5. The van der Waals surface area contributed by atoms with Gasteiger partial charge in [0.2, 0.25) is 0 Å². The highest BCUT2D eigenvalue weighted by Gasteiger charge is 2.42.